The second-order valence-electron chi connectivity index (χ2n) is 7.21. The summed E-state index contributed by atoms with van der Waals surface area (Å²) in [6, 6.07) is 4.85. The smallest absolute Gasteiger partial charge is 0.342 e. The fourth-order valence-corrected chi connectivity index (χ4v) is 3.24. The van der Waals surface area contributed by atoms with Crippen LogP contribution in [0.2, 0.25) is 0 Å². The first-order chi connectivity index (χ1) is 15.5. The average Bonchev–Trinajstić information content (AvgIpc) is 2.70. The monoisotopic (exact) mass is 466 g/mol. The molecule has 0 saturated carbocycles. The molecule has 1 fully saturated rings. The van der Waals surface area contributed by atoms with Gasteiger partial charge < -0.3 is 34.7 Å². The molecular formula is C21H26N2O10. The van der Waals surface area contributed by atoms with Gasteiger partial charge in [-0.1, -0.05) is 12.1 Å². The van der Waals surface area contributed by atoms with Crippen molar-refractivity contribution in [2.75, 3.05) is 12.3 Å². The van der Waals surface area contributed by atoms with E-state index in [2.05, 4.69) is 5.32 Å². The van der Waals surface area contributed by atoms with Gasteiger partial charge >= 0.3 is 23.9 Å². The maximum absolute atomic E-state index is 12.8. The van der Waals surface area contributed by atoms with E-state index in [0.29, 0.717) is 0 Å². The van der Waals surface area contributed by atoms with Gasteiger partial charge in [-0.05, 0) is 12.1 Å². The highest BCUT2D eigenvalue weighted by molar-refractivity contribution is 5.95. The van der Waals surface area contributed by atoms with E-state index in [1.54, 1.807) is 12.1 Å². The summed E-state index contributed by atoms with van der Waals surface area (Å²) in [5.41, 5.74) is 6.00. The normalized spacial score (nSPS) is 24.2. The largest absolute Gasteiger partial charge is 0.463 e. The molecule has 0 bridgehead atoms. The summed E-state index contributed by atoms with van der Waals surface area (Å²) in [7, 11) is 0. The van der Waals surface area contributed by atoms with Crippen LogP contribution in [0.15, 0.2) is 24.3 Å². The molecule has 0 aliphatic carbocycles. The Balaban J connectivity index is 2.45. The Hall–Kier alpha value is -3.67. The van der Waals surface area contributed by atoms with E-state index in [0.717, 1.165) is 20.8 Å². The van der Waals surface area contributed by atoms with E-state index >= 15 is 0 Å². The number of carbonyl (C=O) groups is 5. The van der Waals surface area contributed by atoms with Gasteiger partial charge in [-0.2, -0.15) is 0 Å². The second kappa shape index (κ2) is 11.3. The molecule has 3 N–H and O–H groups in total. The number of nitrogens with two attached hydrogens (primary N) is 1. The van der Waals surface area contributed by atoms with Crippen molar-refractivity contribution in [3.63, 3.8) is 0 Å². The molecule has 0 radical (unpaired) electrons. The first kappa shape index (κ1) is 25.6. The molecular weight excluding hydrogens is 440 g/mol. The summed E-state index contributed by atoms with van der Waals surface area (Å²) in [5, 5.41) is 2.50. The standard InChI is InChI=1S/C21H26N2O10/c1-10(24)23-17-19(31-13(4)27)18(30-12(3)26)16(9-29-11(2)25)32-21(17)33-20(28)14-7-5-6-8-15(14)22/h5-8,16-19,21H,9,22H2,1-4H3,(H,23,24)/t16-,17+,18+,19-,21+/m1/s1. The van der Waals surface area contributed by atoms with E-state index in [-0.39, 0.29) is 11.3 Å². The zero-order valence-electron chi connectivity index (χ0n) is 18.6. The number of esters is 4. The van der Waals surface area contributed by atoms with Crippen LogP contribution in [-0.4, -0.2) is 67.0 Å². The molecule has 1 aromatic rings. The highest BCUT2D eigenvalue weighted by Gasteiger charge is 2.52. The maximum Gasteiger partial charge on any atom is 0.342 e. The van der Waals surface area contributed by atoms with Crippen LogP contribution in [0.1, 0.15) is 38.1 Å². The predicted octanol–water partition coefficient (Wildman–Crippen LogP) is 0.0817. The summed E-state index contributed by atoms with van der Waals surface area (Å²) < 4.78 is 26.8. The summed E-state index contributed by atoms with van der Waals surface area (Å²) in [6.07, 6.45) is -5.34. The number of hydrogen-bond donors (Lipinski definition) is 2. The van der Waals surface area contributed by atoms with Crippen LogP contribution >= 0.6 is 0 Å². The van der Waals surface area contributed by atoms with Gasteiger partial charge in [0.1, 0.15) is 18.8 Å². The van der Waals surface area contributed by atoms with Crippen LogP contribution in [0.3, 0.4) is 0 Å². The van der Waals surface area contributed by atoms with Gasteiger partial charge in [0.25, 0.3) is 0 Å². The number of rotatable bonds is 7. The lowest BCUT2D eigenvalue weighted by Gasteiger charge is -2.44. The molecule has 1 aromatic carbocycles. The Kier molecular flexibility index (Phi) is 8.74. The SMILES string of the molecule is CC(=O)N[C@@H]1[C@H](OC(=O)c2ccccc2N)O[C@H](COC(C)=O)[C@H](OC(C)=O)[C@@H]1OC(C)=O. The minimum atomic E-state index is -1.52. The third kappa shape index (κ3) is 7.17. The third-order valence-electron chi connectivity index (χ3n) is 4.48. The fraction of sp³-hybridized carbons (Fsp3) is 0.476. The van der Waals surface area contributed by atoms with Crippen molar-refractivity contribution < 1.29 is 47.7 Å². The Morgan fingerprint density at radius 2 is 1.52 bits per heavy atom. The van der Waals surface area contributed by atoms with E-state index in [1.165, 1.54) is 19.1 Å². The van der Waals surface area contributed by atoms with Crippen LogP contribution in [-0.2, 0) is 42.9 Å². The molecule has 1 aliphatic rings. The average molecular weight is 466 g/mol. The van der Waals surface area contributed by atoms with E-state index in [4.69, 9.17) is 29.4 Å². The van der Waals surface area contributed by atoms with Crippen molar-refractivity contribution in [2.24, 2.45) is 0 Å². The van der Waals surface area contributed by atoms with Crippen LogP contribution in [0.25, 0.3) is 0 Å². The Morgan fingerprint density at radius 1 is 0.909 bits per heavy atom. The Morgan fingerprint density at radius 3 is 2.06 bits per heavy atom. The minimum absolute atomic E-state index is 0.0327. The summed E-state index contributed by atoms with van der Waals surface area (Å²) in [6.45, 7) is 4.15. The van der Waals surface area contributed by atoms with Gasteiger partial charge in [-0.3, -0.25) is 19.2 Å². The summed E-state index contributed by atoms with van der Waals surface area (Å²) >= 11 is 0. The number of para-hydroxylation sites is 1. The van der Waals surface area contributed by atoms with Crippen LogP contribution in [0.5, 0.6) is 0 Å². The molecule has 2 rings (SSSR count). The van der Waals surface area contributed by atoms with Gasteiger partial charge in [0, 0.05) is 33.4 Å². The molecule has 0 unspecified atom stereocenters. The van der Waals surface area contributed by atoms with Gasteiger partial charge in [-0.15, -0.1) is 0 Å². The van der Waals surface area contributed by atoms with Gasteiger partial charge in [-0.25, -0.2) is 4.79 Å². The number of carbonyl (C=O) groups excluding carboxylic acids is 5. The number of benzene rings is 1. The summed E-state index contributed by atoms with van der Waals surface area (Å²) in [5.74, 6) is -3.62. The van der Waals surface area contributed by atoms with E-state index in [1.807, 2.05) is 0 Å². The third-order valence-corrected chi connectivity index (χ3v) is 4.48. The van der Waals surface area contributed by atoms with Crippen molar-refractivity contribution in [2.45, 2.75) is 58.3 Å². The molecule has 12 nitrogen and oxygen atoms in total. The highest BCUT2D eigenvalue weighted by atomic mass is 16.7. The van der Waals surface area contributed by atoms with Gasteiger partial charge in [0.2, 0.25) is 12.2 Å². The highest BCUT2D eigenvalue weighted by Crippen LogP contribution is 2.29. The van der Waals surface area contributed by atoms with E-state index < -0.39 is 67.0 Å². The lowest BCUT2D eigenvalue weighted by atomic mass is 9.96. The molecule has 1 heterocycles. The maximum atomic E-state index is 12.8. The molecule has 1 amide bonds. The number of amides is 1. The lowest BCUT2D eigenvalue weighted by Crippen LogP contribution is -2.66. The molecule has 1 aliphatic heterocycles. The fourth-order valence-electron chi connectivity index (χ4n) is 3.24. The quantitative estimate of drug-likeness (QED) is 0.317. The predicted molar refractivity (Wildman–Crippen MR) is 110 cm³/mol. The first-order valence-corrected chi connectivity index (χ1v) is 9.95. The Bertz CT molecular complexity index is 918. The number of ether oxygens (including phenoxy) is 5. The number of anilines is 1. The van der Waals surface area contributed by atoms with Gasteiger partial charge in [0.15, 0.2) is 12.2 Å². The Labute approximate surface area is 189 Å². The van der Waals surface area contributed by atoms with Crippen molar-refractivity contribution in [1.29, 1.82) is 0 Å². The second-order valence-corrected chi connectivity index (χ2v) is 7.21. The van der Waals surface area contributed by atoms with Crippen molar-refractivity contribution in [3.05, 3.63) is 29.8 Å². The number of hydrogen-bond acceptors (Lipinski definition) is 11. The minimum Gasteiger partial charge on any atom is -0.463 e. The molecule has 180 valence electrons. The van der Waals surface area contributed by atoms with Crippen molar-refractivity contribution in [1.82, 2.24) is 5.32 Å². The van der Waals surface area contributed by atoms with Crippen molar-refractivity contribution in [3.8, 4) is 0 Å². The first-order valence-electron chi connectivity index (χ1n) is 9.95. The number of nitrogens with one attached hydrogen (secondary N) is 1. The van der Waals surface area contributed by atoms with E-state index in [9.17, 15) is 24.0 Å². The van der Waals surface area contributed by atoms with Crippen molar-refractivity contribution >= 4 is 35.5 Å². The zero-order chi connectivity index (χ0) is 24.7. The lowest BCUT2D eigenvalue weighted by molar-refractivity contribution is -0.263. The molecule has 12 heteroatoms. The molecule has 33 heavy (non-hydrogen) atoms. The van der Waals surface area contributed by atoms with Crippen LogP contribution in [0, 0.1) is 0 Å². The summed E-state index contributed by atoms with van der Waals surface area (Å²) in [4.78, 5) is 59.5. The number of nitrogen functional groups attached to an aromatic ring is 1. The molecule has 0 spiro atoms. The molecule has 0 aromatic heterocycles. The molecule has 1 saturated heterocycles. The van der Waals surface area contributed by atoms with Gasteiger partial charge in [0.05, 0.1) is 5.56 Å². The van der Waals surface area contributed by atoms with Crippen LogP contribution < -0.4 is 11.1 Å². The zero-order valence-corrected chi connectivity index (χ0v) is 18.6. The molecule has 5 atom stereocenters. The van der Waals surface area contributed by atoms with Crippen LogP contribution in [0.4, 0.5) is 5.69 Å². The topological polar surface area (TPSA) is 170 Å².